The highest BCUT2D eigenvalue weighted by atomic mass is 19.3. The minimum atomic E-state index is -2.96. The second kappa shape index (κ2) is 7.98. The molecule has 1 aliphatic heterocycles. The minimum Gasteiger partial charge on any atom is -0.454 e. The summed E-state index contributed by atoms with van der Waals surface area (Å²) >= 11 is 0. The molecule has 4 amide bonds. The number of anilines is 1. The number of alkyl halides is 2. The van der Waals surface area contributed by atoms with Crippen molar-refractivity contribution in [3.63, 3.8) is 0 Å². The van der Waals surface area contributed by atoms with Crippen molar-refractivity contribution in [1.82, 2.24) is 10.2 Å². The molecular formula is C16H17F2N3O6. The van der Waals surface area contributed by atoms with Crippen LogP contribution in [0.3, 0.4) is 0 Å². The van der Waals surface area contributed by atoms with Crippen LogP contribution >= 0.6 is 0 Å². The number of esters is 1. The summed E-state index contributed by atoms with van der Waals surface area (Å²) in [6.07, 6.45) is 0. The van der Waals surface area contributed by atoms with E-state index in [1.807, 2.05) is 0 Å². The maximum Gasteiger partial charge on any atom is 0.387 e. The van der Waals surface area contributed by atoms with E-state index >= 15 is 0 Å². The maximum atomic E-state index is 12.1. The van der Waals surface area contributed by atoms with E-state index in [0.717, 1.165) is 0 Å². The molecule has 1 aliphatic rings. The average molecular weight is 385 g/mol. The molecule has 0 unspecified atom stereocenters. The summed E-state index contributed by atoms with van der Waals surface area (Å²) in [6, 6.07) is 4.39. The van der Waals surface area contributed by atoms with Gasteiger partial charge in [0.25, 0.3) is 11.8 Å². The van der Waals surface area contributed by atoms with Crippen molar-refractivity contribution in [2.45, 2.75) is 26.0 Å². The van der Waals surface area contributed by atoms with E-state index < -0.39 is 49.1 Å². The van der Waals surface area contributed by atoms with E-state index in [1.54, 1.807) is 0 Å². The number of nitrogens with one attached hydrogen (secondary N) is 2. The number of amides is 4. The van der Waals surface area contributed by atoms with Crippen LogP contribution in [0.2, 0.25) is 0 Å². The lowest BCUT2D eigenvalue weighted by atomic mass is 10.1. The molecule has 0 radical (unpaired) electrons. The summed E-state index contributed by atoms with van der Waals surface area (Å²) in [7, 11) is 0. The minimum absolute atomic E-state index is 0.0779. The lowest BCUT2D eigenvalue weighted by Gasteiger charge is -2.15. The predicted molar refractivity (Wildman–Crippen MR) is 87.0 cm³/mol. The van der Waals surface area contributed by atoms with Crippen molar-refractivity contribution >= 4 is 29.5 Å². The summed E-state index contributed by atoms with van der Waals surface area (Å²) in [5, 5.41) is 4.79. The topological polar surface area (TPSA) is 114 Å². The number of hydrogen-bond acceptors (Lipinski definition) is 6. The fourth-order valence-electron chi connectivity index (χ4n) is 2.20. The molecule has 11 heteroatoms. The number of urea groups is 1. The smallest absolute Gasteiger partial charge is 0.387 e. The van der Waals surface area contributed by atoms with E-state index in [0.29, 0.717) is 4.90 Å². The Labute approximate surface area is 152 Å². The summed E-state index contributed by atoms with van der Waals surface area (Å²) in [4.78, 5) is 47.8. The van der Waals surface area contributed by atoms with Gasteiger partial charge in [-0.25, -0.2) is 4.79 Å². The van der Waals surface area contributed by atoms with Gasteiger partial charge < -0.3 is 20.1 Å². The lowest BCUT2D eigenvalue weighted by molar-refractivity contribution is -0.150. The van der Waals surface area contributed by atoms with Crippen molar-refractivity contribution in [2.75, 3.05) is 18.5 Å². The van der Waals surface area contributed by atoms with Crippen LogP contribution in [0.4, 0.5) is 19.3 Å². The third kappa shape index (κ3) is 5.36. The first-order chi connectivity index (χ1) is 12.6. The molecular weight excluding hydrogens is 368 g/mol. The van der Waals surface area contributed by atoms with Gasteiger partial charge in [-0.05, 0) is 38.1 Å². The molecule has 0 atom stereocenters. The molecule has 2 N–H and O–H groups in total. The van der Waals surface area contributed by atoms with Gasteiger partial charge >= 0.3 is 18.6 Å². The number of ether oxygens (including phenoxy) is 2. The van der Waals surface area contributed by atoms with E-state index in [9.17, 15) is 28.0 Å². The van der Waals surface area contributed by atoms with Gasteiger partial charge in [-0.15, -0.1) is 0 Å². The second-order valence-corrected chi connectivity index (χ2v) is 6.06. The number of carbonyl (C=O) groups is 4. The Morgan fingerprint density at radius 3 is 2.37 bits per heavy atom. The average Bonchev–Trinajstić information content (AvgIpc) is 2.76. The van der Waals surface area contributed by atoms with Crippen molar-refractivity contribution in [2.24, 2.45) is 0 Å². The molecule has 2 rings (SSSR count). The molecule has 27 heavy (non-hydrogen) atoms. The highest BCUT2D eigenvalue weighted by Gasteiger charge is 2.45. The Morgan fingerprint density at radius 1 is 1.22 bits per heavy atom. The largest absolute Gasteiger partial charge is 0.454 e. The number of imide groups is 1. The van der Waals surface area contributed by atoms with Crippen LogP contribution in [0.15, 0.2) is 24.3 Å². The summed E-state index contributed by atoms with van der Waals surface area (Å²) in [5.41, 5.74) is -0.844. The van der Waals surface area contributed by atoms with Crippen LogP contribution in [0.1, 0.15) is 13.8 Å². The van der Waals surface area contributed by atoms with E-state index in [2.05, 4.69) is 15.4 Å². The van der Waals surface area contributed by atoms with Gasteiger partial charge in [0.2, 0.25) is 0 Å². The highest BCUT2D eigenvalue weighted by molar-refractivity contribution is 6.08. The molecule has 0 aromatic heterocycles. The Hall–Kier alpha value is -3.24. The zero-order chi connectivity index (χ0) is 20.2. The number of nitrogens with zero attached hydrogens (tertiary/aromatic N) is 1. The number of benzene rings is 1. The van der Waals surface area contributed by atoms with Gasteiger partial charge in [-0.3, -0.25) is 19.3 Å². The predicted octanol–water partition coefficient (Wildman–Crippen LogP) is 1.10. The van der Waals surface area contributed by atoms with Crippen molar-refractivity contribution in [3.05, 3.63) is 24.3 Å². The standard InChI is InChI=1S/C16H17F2N3O6/c1-16(2)13(24)21(15(25)20-16)7-12(23)26-8-11(22)19-9-3-5-10(6-4-9)27-14(17)18/h3-6,14H,7-8H2,1-2H3,(H,19,22)(H,20,25). The molecule has 9 nitrogen and oxygen atoms in total. The third-order valence-corrected chi connectivity index (χ3v) is 3.46. The van der Waals surface area contributed by atoms with Crippen LogP contribution in [-0.2, 0) is 19.1 Å². The molecule has 1 fully saturated rings. The SMILES string of the molecule is CC1(C)NC(=O)N(CC(=O)OCC(=O)Nc2ccc(OC(F)F)cc2)C1=O. The first-order valence-electron chi connectivity index (χ1n) is 7.73. The van der Waals surface area contributed by atoms with Crippen LogP contribution in [-0.4, -0.2) is 54.0 Å². The summed E-state index contributed by atoms with van der Waals surface area (Å²) in [6.45, 7) is -1.25. The first-order valence-corrected chi connectivity index (χ1v) is 7.73. The van der Waals surface area contributed by atoms with Gasteiger partial charge in [0.1, 0.15) is 17.8 Å². The van der Waals surface area contributed by atoms with Gasteiger partial charge in [0.05, 0.1) is 0 Å². The van der Waals surface area contributed by atoms with Crippen molar-refractivity contribution in [1.29, 1.82) is 0 Å². The second-order valence-electron chi connectivity index (χ2n) is 6.06. The van der Waals surface area contributed by atoms with Crippen molar-refractivity contribution in [3.8, 4) is 5.75 Å². The summed E-state index contributed by atoms with van der Waals surface area (Å²) < 4.78 is 33.0. The van der Waals surface area contributed by atoms with Crippen LogP contribution in [0.5, 0.6) is 5.75 Å². The van der Waals surface area contributed by atoms with E-state index in [4.69, 9.17) is 4.74 Å². The van der Waals surface area contributed by atoms with Crippen LogP contribution in [0.25, 0.3) is 0 Å². The molecule has 1 aromatic rings. The highest BCUT2D eigenvalue weighted by Crippen LogP contribution is 2.18. The number of carbonyl (C=O) groups excluding carboxylic acids is 4. The van der Waals surface area contributed by atoms with Gasteiger partial charge in [0, 0.05) is 5.69 Å². The Morgan fingerprint density at radius 2 is 1.85 bits per heavy atom. The van der Waals surface area contributed by atoms with Crippen molar-refractivity contribution < 1.29 is 37.4 Å². The Kier molecular flexibility index (Phi) is 5.93. The fourth-order valence-corrected chi connectivity index (χ4v) is 2.20. The molecule has 146 valence electrons. The molecule has 1 aromatic carbocycles. The molecule has 1 saturated heterocycles. The van der Waals surface area contributed by atoms with Gasteiger partial charge in [0.15, 0.2) is 6.61 Å². The lowest BCUT2D eigenvalue weighted by Crippen LogP contribution is -2.41. The Bertz CT molecular complexity index is 751. The van der Waals surface area contributed by atoms with Gasteiger partial charge in [-0.1, -0.05) is 0 Å². The third-order valence-electron chi connectivity index (χ3n) is 3.46. The zero-order valence-corrected chi connectivity index (χ0v) is 14.5. The van der Waals surface area contributed by atoms with Crippen LogP contribution < -0.4 is 15.4 Å². The normalized spacial score (nSPS) is 15.5. The number of rotatable bonds is 7. The fraction of sp³-hybridized carbons (Fsp3) is 0.375. The molecule has 0 bridgehead atoms. The molecule has 1 heterocycles. The number of halogens is 2. The maximum absolute atomic E-state index is 12.1. The number of hydrogen-bond donors (Lipinski definition) is 2. The first kappa shape index (κ1) is 20.1. The molecule has 0 aliphatic carbocycles. The van der Waals surface area contributed by atoms with Crippen LogP contribution in [0, 0.1) is 0 Å². The Balaban J connectivity index is 1.79. The van der Waals surface area contributed by atoms with E-state index in [1.165, 1.54) is 38.1 Å². The summed E-state index contributed by atoms with van der Waals surface area (Å²) in [5.74, 6) is -2.29. The van der Waals surface area contributed by atoms with E-state index in [-0.39, 0.29) is 11.4 Å². The molecule has 0 saturated carbocycles. The van der Waals surface area contributed by atoms with Gasteiger partial charge in [-0.2, -0.15) is 8.78 Å². The monoisotopic (exact) mass is 385 g/mol. The molecule has 0 spiro atoms. The quantitative estimate of drug-likeness (QED) is 0.537. The zero-order valence-electron chi connectivity index (χ0n) is 14.5.